The van der Waals surface area contributed by atoms with Gasteiger partial charge in [-0.3, -0.25) is 14.4 Å². The molecule has 6 atom stereocenters. The second kappa shape index (κ2) is 9.22. The lowest BCUT2D eigenvalue weighted by Crippen LogP contribution is -2.61. The van der Waals surface area contributed by atoms with E-state index in [0.29, 0.717) is 32.4 Å². The first-order chi connectivity index (χ1) is 15.5. The third-order valence-corrected chi connectivity index (χ3v) is 7.50. The summed E-state index contributed by atoms with van der Waals surface area (Å²) in [7, 11) is 1.69. The Morgan fingerprint density at radius 2 is 1.91 bits per heavy atom. The number of carbonyl (C=O) groups excluding carboxylic acids is 3. The lowest BCUT2D eigenvalue weighted by molar-refractivity contribution is -0.154. The maximum atomic E-state index is 14.1. The smallest absolute Gasteiger partial charge is 0.249 e. The van der Waals surface area contributed by atoms with Crippen LogP contribution < -0.4 is 0 Å². The minimum Gasteiger partial charge on any atom is -0.394 e. The molecule has 0 aromatic carbocycles. The summed E-state index contributed by atoms with van der Waals surface area (Å²) in [5.41, 5.74) is -1.58. The Morgan fingerprint density at radius 1 is 1.27 bits per heavy atom. The molecule has 3 heterocycles. The second-order valence-corrected chi connectivity index (χ2v) is 10.5. The van der Waals surface area contributed by atoms with Crippen molar-refractivity contribution in [2.75, 3.05) is 26.7 Å². The Morgan fingerprint density at radius 3 is 2.42 bits per heavy atom. The molecule has 8 nitrogen and oxygen atoms in total. The molecule has 3 rings (SSSR count). The first kappa shape index (κ1) is 25.4. The molecular weight excluding hydrogens is 422 g/mol. The molecule has 0 aromatic heterocycles. The van der Waals surface area contributed by atoms with Gasteiger partial charge in [-0.1, -0.05) is 19.1 Å². The van der Waals surface area contributed by atoms with Crippen molar-refractivity contribution in [3.05, 3.63) is 25.3 Å². The summed E-state index contributed by atoms with van der Waals surface area (Å²) in [5, 5.41) is 10.1. The number of aliphatic hydroxyl groups excluding tert-OH is 1. The van der Waals surface area contributed by atoms with E-state index in [4.69, 9.17) is 4.74 Å². The largest absolute Gasteiger partial charge is 0.394 e. The monoisotopic (exact) mass is 461 g/mol. The normalized spacial score (nSPS) is 31.3. The number of ether oxygens (including phenoxy) is 1. The number of hydrogen-bond donors (Lipinski definition) is 1. The van der Waals surface area contributed by atoms with Crippen molar-refractivity contribution in [1.29, 1.82) is 0 Å². The number of hydrogen-bond acceptors (Lipinski definition) is 5. The second-order valence-electron chi connectivity index (χ2n) is 10.5. The Kier molecular flexibility index (Phi) is 7.10. The molecule has 1 spiro atoms. The van der Waals surface area contributed by atoms with E-state index in [1.807, 2.05) is 27.7 Å². The standard InChI is InChI=1S/C25H39N3O5/c1-8-13-26(7)21(30)18-17-11-12-25(33-17)19(18)22(31)28(16(10-3)15-29)20(25)23(32)27(14-9-2)24(4,5)6/h8-9,16-20,29H,1-2,10-15H2,3-7H3/t16-,17+,18-,19-,20?,25?/m0/s1. The first-order valence-corrected chi connectivity index (χ1v) is 11.9. The van der Waals surface area contributed by atoms with Crippen molar-refractivity contribution < 1.29 is 24.2 Å². The van der Waals surface area contributed by atoms with Crippen LogP contribution >= 0.6 is 0 Å². The minimum atomic E-state index is -1.07. The fraction of sp³-hybridized carbons (Fsp3) is 0.720. The van der Waals surface area contributed by atoms with Gasteiger partial charge in [0.15, 0.2) is 0 Å². The molecule has 33 heavy (non-hydrogen) atoms. The molecule has 0 radical (unpaired) electrons. The van der Waals surface area contributed by atoms with Crippen LogP contribution in [-0.4, -0.2) is 93.6 Å². The molecule has 184 valence electrons. The van der Waals surface area contributed by atoms with Crippen LogP contribution in [0, 0.1) is 11.8 Å². The summed E-state index contributed by atoms with van der Waals surface area (Å²) in [6.07, 6.45) is 4.56. The van der Waals surface area contributed by atoms with Gasteiger partial charge in [0.25, 0.3) is 0 Å². The molecule has 8 heteroatoms. The highest BCUT2D eigenvalue weighted by Crippen LogP contribution is 2.59. The highest BCUT2D eigenvalue weighted by molar-refractivity contribution is 5.99. The van der Waals surface area contributed by atoms with Gasteiger partial charge in [-0.2, -0.15) is 0 Å². The zero-order chi connectivity index (χ0) is 24.7. The van der Waals surface area contributed by atoms with Crippen LogP contribution in [0.1, 0.15) is 47.0 Å². The number of rotatable bonds is 9. The van der Waals surface area contributed by atoms with Crippen molar-refractivity contribution >= 4 is 17.7 Å². The molecular formula is C25H39N3O5. The zero-order valence-corrected chi connectivity index (χ0v) is 20.6. The van der Waals surface area contributed by atoms with Crippen LogP contribution in [-0.2, 0) is 19.1 Å². The van der Waals surface area contributed by atoms with E-state index in [-0.39, 0.29) is 24.3 Å². The number of nitrogens with zero attached hydrogens (tertiary/aromatic N) is 3. The highest BCUT2D eigenvalue weighted by atomic mass is 16.5. The van der Waals surface area contributed by atoms with Gasteiger partial charge in [-0.05, 0) is 40.0 Å². The zero-order valence-electron chi connectivity index (χ0n) is 20.6. The number of fused-ring (bicyclic) bond motifs is 1. The van der Waals surface area contributed by atoms with Crippen molar-refractivity contribution in [3.63, 3.8) is 0 Å². The van der Waals surface area contributed by atoms with Crippen molar-refractivity contribution in [3.8, 4) is 0 Å². The number of carbonyl (C=O) groups is 3. The van der Waals surface area contributed by atoms with Gasteiger partial charge < -0.3 is 24.5 Å². The van der Waals surface area contributed by atoms with Gasteiger partial charge >= 0.3 is 0 Å². The summed E-state index contributed by atoms with van der Waals surface area (Å²) in [4.78, 5) is 46.2. The summed E-state index contributed by atoms with van der Waals surface area (Å²) in [5.74, 6) is -2.04. The van der Waals surface area contributed by atoms with Gasteiger partial charge in [-0.25, -0.2) is 0 Å². The molecule has 3 amide bonds. The van der Waals surface area contributed by atoms with Gasteiger partial charge in [0, 0.05) is 25.7 Å². The molecule has 3 saturated heterocycles. The Hall–Kier alpha value is -2.19. The van der Waals surface area contributed by atoms with Gasteiger partial charge in [-0.15, -0.1) is 13.2 Å². The predicted octanol–water partition coefficient (Wildman–Crippen LogP) is 1.59. The third kappa shape index (κ3) is 3.91. The van der Waals surface area contributed by atoms with Crippen LogP contribution in [0.4, 0.5) is 0 Å². The fourth-order valence-corrected chi connectivity index (χ4v) is 5.97. The number of amides is 3. The van der Waals surface area contributed by atoms with Crippen molar-refractivity contribution in [1.82, 2.24) is 14.7 Å². The highest BCUT2D eigenvalue weighted by Gasteiger charge is 2.75. The minimum absolute atomic E-state index is 0.163. The first-order valence-electron chi connectivity index (χ1n) is 11.9. The van der Waals surface area contributed by atoms with E-state index in [1.165, 1.54) is 4.90 Å². The maximum absolute atomic E-state index is 14.1. The van der Waals surface area contributed by atoms with E-state index in [0.717, 1.165) is 0 Å². The number of likely N-dealkylation sites (tertiary alicyclic amines) is 1. The van der Waals surface area contributed by atoms with Crippen molar-refractivity contribution in [2.45, 2.75) is 76.3 Å². The van der Waals surface area contributed by atoms with E-state index in [9.17, 15) is 19.5 Å². The Balaban J connectivity index is 2.11. The van der Waals surface area contributed by atoms with Gasteiger partial charge in [0.05, 0.1) is 30.6 Å². The topological polar surface area (TPSA) is 90.4 Å². The Labute approximate surface area is 197 Å². The summed E-state index contributed by atoms with van der Waals surface area (Å²) in [6.45, 7) is 15.6. The van der Waals surface area contributed by atoms with Gasteiger partial charge in [0.1, 0.15) is 11.6 Å². The van der Waals surface area contributed by atoms with E-state index in [2.05, 4.69) is 13.2 Å². The predicted molar refractivity (Wildman–Crippen MR) is 125 cm³/mol. The van der Waals surface area contributed by atoms with Crippen LogP contribution in [0.3, 0.4) is 0 Å². The summed E-state index contributed by atoms with van der Waals surface area (Å²) >= 11 is 0. The molecule has 2 unspecified atom stereocenters. The third-order valence-electron chi connectivity index (χ3n) is 7.50. The molecule has 3 aliphatic heterocycles. The number of likely N-dealkylation sites (N-methyl/N-ethyl adjacent to an activating group) is 1. The lowest BCUT2D eigenvalue weighted by Gasteiger charge is -2.43. The molecule has 2 bridgehead atoms. The summed E-state index contributed by atoms with van der Waals surface area (Å²) < 4.78 is 6.47. The van der Waals surface area contributed by atoms with Gasteiger partial charge in [0.2, 0.25) is 17.7 Å². The Bertz CT molecular complexity index is 817. The number of aliphatic hydroxyl groups is 1. The molecule has 0 aromatic rings. The average Bonchev–Trinajstić information content (AvgIpc) is 3.39. The maximum Gasteiger partial charge on any atom is 0.249 e. The molecule has 0 aliphatic carbocycles. The summed E-state index contributed by atoms with van der Waals surface area (Å²) in [6, 6.07) is -1.42. The SMILES string of the molecule is C=CCN(C)C(=O)[C@@H]1[C@H]2C(=O)N([C@@H](CC)CO)C(C(=O)N(CC=C)C(C)(C)C)C23CC[C@H]1O3. The van der Waals surface area contributed by atoms with E-state index >= 15 is 0 Å². The van der Waals surface area contributed by atoms with E-state index < -0.39 is 41.2 Å². The van der Waals surface area contributed by atoms with Crippen molar-refractivity contribution in [2.24, 2.45) is 11.8 Å². The average molecular weight is 462 g/mol. The van der Waals surface area contributed by atoms with Crippen LogP contribution in [0.25, 0.3) is 0 Å². The fourth-order valence-electron chi connectivity index (χ4n) is 5.97. The molecule has 3 aliphatic rings. The van der Waals surface area contributed by atoms with Crippen LogP contribution in [0.2, 0.25) is 0 Å². The molecule has 1 N–H and O–H groups in total. The molecule has 0 saturated carbocycles. The van der Waals surface area contributed by atoms with Crippen LogP contribution in [0.5, 0.6) is 0 Å². The molecule has 3 fully saturated rings. The van der Waals surface area contributed by atoms with Crippen LogP contribution in [0.15, 0.2) is 25.3 Å². The quantitative estimate of drug-likeness (QED) is 0.527. The van der Waals surface area contributed by atoms with E-state index in [1.54, 1.807) is 29.0 Å². The lowest BCUT2D eigenvalue weighted by atomic mass is 9.70.